The van der Waals surface area contributed by atoms with E-state index >= 15 is 0 Å². The molecule has 0 saturated heterocycles. The highest BCUT2D eigenvalue weighted by Crippen LogP contribution is 2.19. The van der Waals surface area contributed by atoms with E-state index < -0.39 is 10.0 Å². The maximum Gasteiger partial charge on any atom is 0.263 e. The summed E-state index contributed by atoms with van der Waals surface area (Å²) in [6.45, 7) is 3.57. The van der Waals surface area contributed by atoms with Gasteiger partial charge >= 0.3 is 0 Å². The molecular weight excluding hydrogens is 400 g/mol. The molecule has 0 aliphatic heterocycles. The SMILES string of the molecule is Cc1cc(=O)cc(C)n1CC(=O)Nc1ccc(S(=O)(=O)Nc2nccs2)cc1. The second kappa shape index (κ2) is 7.95. The monoisotopic (exact) mass is 418 g/mol. The average Bonchev–Trinajstić information content (AvgIpc) is 3.11. The quantitative estimate of drug-likeness (QED) is 0.639. The van der Waals surface area contributed by atoms with Gasteiger partial charge in [0.15, 0.2) is 10.6 Å². The van der Waals surface area contributed by atoms with Crippen molar-refractivity contribution < 1.29 is 13.2 Å². The fourth-order valence-corrected chi connectivity index (χ4v) is 4.43. The molecule has 3 aromatic rings. The summed E-state index contributed by atoms with van der Waals surface area (Å²) in [5.41, 5.74) is 1.74. The van der Waals surface area contributed by atoms with Gasteiger partial charge in [0.1, 0.15) is 6.54 Å². The Labute approximate surface area is 165 Å². The average molecular weight is 419 g/mol. The number of nitrogens with one attached hydrogen (secondary N) is 2. The number of hydrogen-bond acceptors (Lipinski definition) is 6. The van der Waals surface area contributed by atoms with Gasteiger partial charge in [-0.2, -0.15) is 0 Å². The third kappa shape index (κ3) is 4.65. The summed E-state index contributed by atoms with van der Waals surface area (Å²) in [7, 11) is -3.74. The minimum atomic E-state index is -3.74. The highest BCUT2D eigenvalue weighted by molar-refractivity contribution is 7.93. The maximum atomic E-state index is 12.3. The molecule has 2 N–H and O–H groups in total. The van der Waals surface area contributed by atoms with Gasteiger partial charge < -0.3 is 9.88 Å². The molecule has 1 amide bonds. The van der Waals surface area contributed by atoms with Crippen LogP contribution >= 0.6 is 11.3 Å². The van der Waals surface area contributed by atoms with Crippen LogP contribution in [-0.2, 0) is 21.4 Å². The summed E-state index contributed by atoms with van der Waals surface area (Å²) in [5.74, 6) is -0.286. The smallest absolute Gasteiger partial charge is 0.263 e. The molecule has 146 valence electrons. The first kappa shape index (κ1) is 19.8. The van der Waals surface area contributed by atoms with Crippen molar-refractivity contribution in [2.45, 2.75) is 25.3 Å². The van der Waals surface area contributed by atoms with Gasteiger partial charge in [0, 0.05) is 40.8 Å². The van der Waals surface area contributed by atoms with Crippen molar-refractivity contribution in [3.8, 4) is 0 Å². The zero-order chi connectivity index (χ0) is 20.3. The molecule has 0 bridgehead atoms. The lowest BCUT2D eigenvalue weighted by atomic mass is 10.2. The van der Waals surface area contributed by atoms with Crippen LogP contribution in [0.1, 0.15) is 11.4 Å². The Morgan fingerprint density at radius 3 is 2.36 bits per heavy atom. The van der Waals surface area contributed by atoms with Crippen molar-refractivity contribution in [3.63, 3.8) is 0 Å². The van der Waals surface area contributed by atoms with E-state index in [4.69, 9.17) is 0 Å². The van der Waals surface area contributed by atoms with Gasteiger partial charge in [0.2, 0.25) is 5.91 Å². The number of rotatable bonds is 6. The number of aryl methyl sites for hydroxylation is 2. The Kier molecular flexibility index (Phi) is 5.61. The number of nitrogens with zero attached hydrogens (tertiary/aromatic N) is 2. The van der Waals surface area contributed by atoms with Gasteiger partial charge in [0.25, 0.3) is 10.0 Å². The predicted molar refractivity (Wildman–Crippen MR) is 108 cm³/mol. The Bertz CT molecular complexity index is 1130. The van der Waals surface area contributed by atoms with Gasteiger partial charge in [-0.3, -0.25) is 14.3 Å². The van der Waals surface area contributed by atoms with Crippen molar-refractivity contribution >= 4 is 38.1 Å². The van der Waals surface area contributed by atoms with Crippen molar-refractivity contribution in [2.24, 2.45) is 0 Å². The molecule has 0 aliphatic carbocycles. The topological polar surface area (TPSA) is 110 Å². The number of sulfonamides is 1. The Balaban J connectivity index is 1.69. The molecule has 0 atom stereocenters. The number of benzene rings is 1. The number of aromatic nitrogens is 2. The first-order chi connectivity index (χ1) is 13.2. The summed E-state index contributed by atoms with van der Waals surface area (Å²) < 4.78 is 28.7. The zero-order valence-corrected chi connectivity index (χ0v) is 16.8. The molecule has 10 heteroatoms. The molecule has 2 aromatic heterocycles. The van der Waals surface area contributed by atoms with Gasteiger partial charge in [-0.05, 0) is 38.1 Å². The van der Waals surface area contributed by atoms with Crippen molar-refractivity contribution in [2.75, 3.05) is 10.0 Å². The fraction of sp³-hybridized carbons (Fsp3) is 0.167. The van der Waals surface area contributed by atoms with Crippen LogP contribution in [0.25, 0.3) is 0 Å². The maximum absolute atomic E-state index is 12.3. The van der Waals surface area contributed by atoms with E-state index in [1.54, 1.807) is 23.8 Å². The predicted octanol–water partition coefficient (Wildman–Crippen LogP) is 2.36. The molecular formula is C18H18N4O4S2. The summed E-state index contributed by atoms with van der Waals surface area (Å²) in [5, 5.41) is 4.67. The highest BCUT2D eigenvalue weighted by atomic mass is 32.2. The second-order valence-corrected chi connectivity index (χ2v) is 8.65. The van der Waals surface area contributed by atoms with Crippen LogP contribution in [0.3, 0.4) is 0 Å². The Hall–Kier alpha value is -2.98. The third-order valence-electron chi connectivity index (χ3n) is 3.96. The molecule has 0 aliphatic rings. The van der Waals surface area contributed by atoms with E-state index in [-0.39, 0.29) is 27.9 Å². The van der Waals surface area contributed by atoms with Crippen LogP contribution in [0.2, 0.25) is 0 Å². The minimum Gasteiger partial charge on any atom is -0.340 e. The number of anilines is 2. The molecule has 3 rings (SSSR count). The molecule has 0 radical (unpaired) electrons. The number of thiazole rings is 1. The van der Waals surface area contributed by atoms with E-state index in [0.29, 0.717) is 17.1 Å². The Morgan fingerprint density at radius 2 is 1.79 bits per heavy atom. The largest absolute Gasteiger partial charge is 0.340 e. The number of pyridine rings is 1. The van der Waals surface area contributed by atoms with Crippen molar-refractivity contribution in [1.82, 2.24) is 9.55 Å². The van der Waals surface area contributed by atoms with E-state index in [1.165, 1.54) is 53.9 Å². The third-order valence-corrected chi connectivity index (χ3v) is 6.13. The lowest BCUT2D eigenvalue weighted by Crippen LogP contribution is -2.23. The van der Waals surface area contributed by atoms with Crippen LogP contribution in [0.4, 0.5) is 10.8 Å². The lowest BCUT2D eigenvalue weighted by Gasteiger charge is -2.14. The van der Waals surface area contributed by atoms with E-state index in [9.17, 15) is 18.0 Å². The van der Waals surface area contributed by atoms with Crippen LogP contribution in [0, 0.1) is 13.8 Å². The fourth-order valence-electron chi connectivity index (χ4n) is 2.65. The molecule has 1 aromatic carbocycles. The van der Waals surface area contributed by atoms with Gasteiger partial charge in [-0.25, -0.2) is 13.4 Å². The molecule has 2 heterocycles. The summed E-state index contributed by atoms with van der Waals surface area (Å²) in [6.07, 6.45) is 1.51. The van der Waals surface area contributed by atoms with Crippen molar-refractivity contribution in [3.05, 3.63) is 69.6 Å². The lowest BCUT2D eigenvalue weighted by molar-refractivity contribution is -0.116. The first-order valence-corrected chi connectivity index (χ1v) is 10.6. The Morgan fingerprint density at radius 1 is 1.14 bits per heavy atom. The van der Waals surface area contributed by atoms with Crippen molar-refractivity contribution in [1.29, 1.82) is 0 Å². The molecule has 0 spiro atoms. The molecule has 0 saturated carbocycles. The minimum absolute atomic E-state index is 0.0452. The zero-order valence-electron chi connectivity index (χ0n) is 15.2. The second-order valence-electron chi connectivity index (χ2n) is 6.08. The van der Waals surface area contributed by atoms with Gasteiger partial charge in [0.05, 0.1) is 4.90 Å². The molecule has 28 heavy (non-hydrogen) atoms. The number of hydrogen-bond donors (Lipinski definition) is 2. The highest BCUT2D eigenvalue weighted by Gasteiger charge is 2.15. The summed E-state index contributed by atoms with van der Waals surface area (Å²) in [4.78, 5) is 27.8. The van der Waals surface area contributed by atoms with Gasteiger partial charge in [-0.1, -0.05) is 0 Å². The van der Waals surface area contributed by atoms with Crippen LogP contribution < -0.4 is 15.5 Å². The molecule has 8 nitrogen and oxygen atoms in total. The summed E-state index contributed by atoms with van der Waals surface area (Å²) in [6, 6.07) is 8.77. The van der Waals surface area contributed by atoms with E-state index in [1.807, 2.05) is 0 Å². The van der Waals surface area contributed by atoms with Gasteiger partial charge in [-0.15, -0.1) is 11.3 Å². The van der Waals surface area contributed by atoms with Crippen LogP contribution in [-0.4, -0.2) is 23.9 Å². The van der Waals surface area contributed by atoms with Crippen LogP contribution in [0.15, 0.2) is 57.7 Å². The first-order valence-electron chi connectivity index (χ1n) is 8.25. The molecule has 0 unspecified atom stereocenters. The van der Waals surface area contributed by atoms with E-state index in [0.717, 1.165) is 0 Å². The molecule has 0 fully saturated rings. The normalized spacial score (nSPS) is 11.2. The van der Waals surface area contributed by atoms with E-state index in [2.05, 4.69) is 15.0 Å². The number of carbonyl (C=O) groups is 1. The standard InChI is InChI=1S/C18H18N4O4S2/c1-12-9-15(23)10-13(2)22(12)11-17(24)20-14-3-5-16(6-4-14)28(25,26)21-18-19-7-8-27-18/h3-10H,11H2,1-2H3,(H,19,21)(H,20,24). The summed E-state index contributed by atoms with van der Waals surface area (Å²) >= 11 is 1.18. The van der Waals surface area contributed by atoms with Crippen LogP contribution in [0.5, 0.6) is 0 Å². The number of carbonyl (C=O) groups excluding carboxylic acids is 1. The number of amides is 1.